The minimum atomic E-state index is -3.62. The highest BCUT2D eigenvalue weighted by Gasteiger charge is 2.21. The second-order valence-electron chi connectivity index (χ2n) is 4.94. The highest BCUT2D eigenvalue weighted by Crippen LogP contribution is 2.32. The molecule has 114 valence electrons. The molecule has 2 aromatic rings. The van der Waals surface area contributed by atoms with Crippen molar-refractivity contribution in [2.45, 2.75) is 18.7 Å². The van der Waals surface area contributed by atoms with Crippen LogP contribution in [0.2, 0.25) is 5.02 Å². The molecule has 0 saturated heterocycles. The van der Waals surface area contributed by atoms with Crippen molar-refractivity contribution in [2.75, 3.05) is 23.7 Å². The fraction of sp³-hybridized carbons (Fsp3) is 0.286. The van der Waals surface area contributed by atoms with Crippen LogP contribution in [0.5, 0.6) is 0 Å². The van der Waals surface area contributed by atoms with E-state index < -0.39 is 10.0 Å². The minimum absolute atomic E-state index is 0.315. The van der Waals surface area contributed by atoms with Crippen LogP contribution >= 0.6 is 22.9 Å². The van der Waals surface area contributed by atoms with Crippen molar-refractivity contribution in [1.29, 1.82) is 0 Å². The van der Waals surface area contributed by atoms with Crippen LogP contribution in [0.4, 0.5) is 11.4 Å². The van der Waals surface area contributed by atoms with E-state index in [1.807, 2.05) is 25.9 Å². The Bertz CT molecular complexity index is 767. The molecule has 21 heavy (non-hydrogen) atoms. The number of halogens is 1. The van der Waals surface area contributed by atoms with Crippen molar-refractivity contribution in [3.05, 3.63) is 39.0 Å². The molecule has 0 unspecified atom stereocenters. The van der Waals surface area contributed by atoms with Crippen molar-refractivity contribution in [1.82, 2.24) is 0 Å². The van der Waals surface area contributed by atoms with Gasteiger partial charge < -0.3 is 4.90 Å². The van der Waals surface area contributed by atoms with Gasteiger partial charge in [0.15, 0.2) is 0 Å². The Morgan fingerprint density at radius 2 is 1.86 bits per heavy atom. The van der Waals surface area contributed by atoms with Crippen LogP contribution in [0.3, 0.4) is 0 Å². The number of benzene rings is 1. The molecule has 4 nitrogen and oxygen atoms in total. The first-order valence-electron chi connectivity index (χ1n) is 6.27. The van der Waals surface area contributed by atoms with E-state index in [1.165, 1.54) is 11.3 Å². The van der Waals surface area contributed by atoms with E-state index >= 15 is 0 Å². The van der Waals surface area contributed by atoms with Crippen molar-refractivity contribution in [2.24, 2.45) is 0 Å². The Morgan fingerprint density at radius 3 is 2.38 bits per heavy atom. The zero-order valence-electron chi connectivity index (χ0n) is 12.3. The molecule has 0 aliphatic rings. The maximum Gasteiger partial charge on any atom is 0.263 e. The number of sulfonamides is 1. The van der Waals surface area contributed by atoms with Gasteiger partial charge in [-0.15, -0.1) is 11.3 Å². The van der Waals surface area contributed by atoms with Gasteiger partial charge in [-0.25, -0.2) is 8.42 Å². The van der Waals surface area contributed by atoms with Crippen molar-refractivity contribution in [3.63, 3.8) is 0 Å². The molecular formula is C14H17ClN2O2S2. The zero-order valence-corrected chi connectivity index (χ0v) is 14.7. The second-order valence-corrected chi connectivity index (χ2v) is 8.49. The monoisotopic (exact) mass is 344 g/mol. The topological polar surface area (TPSA) is 49.4 Å². The lowest BCUT2D eigenvalue weighted by molar-refractivity contribution is 0.601. The normalized spacial score (nSPS) is 11.5. The molecule has 0 radical (unpaired) electrons. The molecule has 1 heterocycles. The second kappa shape index (κ2) is 5.87. The van der Waals surface area contributed by atoms with E-state index in [-0.39, 0.29) is 0 Å². The summed E-state index contributed by atoms with van der Waals surface area (Å²) in [6, 6.07) is 6.81. The minimum Gasteiger partial charge on any atom is -0.376 e. The quantitative estimate of drug-likeness (QED) is 0.915. The van der Waals surface area contributed by atoms with E-state index in [9.17, 15) is 8.42 Å². The molecule has 0 amide bonds. The van der Waals surface area contributed by atoms with Gasteiger partial charge in [-0.2, -0.15) is 0 Å². The molecule has 1 aromatic heterocycles. The highest BCUT2D eigenvalue weighted by atomic mass is 35.5. The fourth-order valence-corrected chi connectivity index (χ4v) is 4.85. The number of thiophene rings is 1. The molecule has 1 aromatic carbocycles. The van der Waals surface area contributed by atoms with E-state index in [1.54, 1.807) is 31.2 Å². The zero-order chi connectivity index (χ0) is 15.8. The lowest BCUT2D eigenvalue weighted by Crippen LogP contribution is -2.17. The molecule has 0 saturated carbocycles. The van der Waals surface area contributed by atoms with Crippen LogP contribution in [0.1, 0.15) is 9.75 Å². The summed E-state index contributed by atoms with van der Waals surface area (Å²) in [5.41, 5.74) is 1.23. The van der Waals surface area contributed by atoms with Gasteiger partial charge in [0.05, 0.1) is 11.4 Å². The number of hydrogen-bond acceptors (Lipinski definition) is 4. The molecule has 7 heteroatoms. The molecule has 2 rings (SSSR count). The maximum absolute atomic E-state index is 12.6. The van der Waals surface area contributed by atoms with Crippen molar-refractivity contribution < 1.29 is 8.42 Å². The summed E-state index contributed by atoms with van der Waals surface area (Å²) in [6.45, 7) is 3.69. The Labute approximate surface area is 134 Å². The Morgan fingerprint density at radius 1 is 1.19 bits per heavy atom. The standard InChI is InChI=1S/C14H17ClN2O2S2/c1-9-7-14(10(2)20-9)21(18,19)16-12-8-11(15)5-6-13(12)17(3)4/h5-8,16H,1-4H3. The molecular weight excluding hydrogens is 328 g/mol. The van der Waals surface area contributed by atoms with Crippen LogP contribution in [0.15, 0.2) is 29.2 Å². The molecule has 0 spiro atoms. The highest BCUT2D eigenvalue weighted by molar-refractivity contribution is 7.93. The Hall–Kier alpha value is -1.24. The van der Waals surface area contributed by atoms with E-state index in [2.05, 4.69) is 4.72 Å². The SMILES string of the molecule is Cc1cc(S(=O)(=O)Nc2cc(Cl)ccc2N(C)C)c(C)s1. The summed E-state index contributed by atoms with van der Waals surface area (Å²) < 4.78 is 27.7. The van der Waals surface area contributed by atoms with Crippen LogP contribution in [-0.4, -0.2) is 22.5 Å². The summed E-state index contributed by atoms with van der Waals surface area (Å²) in [7, 11) is 0.0756. The summed E-state index contributed by atoms with van der Waals surface area (Å²) in [4.78, 5) is 3.88. The van der Waals surface area contributed by atoms with Gasteiger partial charge in [-0.1, -0.05) is 11.6 Å². The molecule has 0 aliphatic carbocycles. The number of hydrogen-bond donors (Lipinski definition) is 1. The van der Waals surface area contributed by atoms with Gasteiger partial charge in [-0.05, 0) is 38.1 Å². The van der Waals surface area contributed by atoms with Gasteiger partial charge >= 0.3 is 0 Å². The van der Waals surface area contributed by atoms with Gasteiger partial charge in [0, 0.05) is 28.9 Å². The van der Waals surface area contributed by atoms with Crippen LogP contribution in [-0.2, 0) is 10.0 Å². The predicted octanol–water partition coefficient (Wildman–Crippen LogP) is 3.89. The largest absolute Gasteiger partial charge is 0.376 e. The number of nitrogens with zero attached hydrogens (tertiary/aromatic N) is 1. The molecule has 0 bridgehead atoms. The molecule has 0 atom stereocenters. The predicted molar refractivity (Wildman–Crippen MR) is 90.4 cm³/mol. The molecule has 0 aliphatic heterocycles. The molecule has 0 fully saturated rings. The molecule has 1 N–H and O–H groups in total. The first-order valence-corrected chi connectivity index (χ1v) is 8.95. The third-order valence-corrected chi connectivity index (χ3v) is 5.79. The Kier molecular flexibility index (Phi) is 4.51. The van der Waals surface area contributed by atoms with Gasteiger partial charge in [0.25, 0.3) is 10.0 Å². The maximum atomic E-state index is 12.6. The summed E-state index contributed by atoms with van der Waals surface area (Å²) >= 11 is 7.45. The number of rotatable bonds is 4. The Balaban J connectivity index is 2.46. The van der Waals surface area contributed by atoms with Gasteiger partial charge in [0.1, 0.15) is 4.90 Å². The van der Waals surface area contributed by atoms with Crippen molar-refractivity contribution >= 4 is 44.3 Å². The number of anilines is 2. The first kappa shape index (κ1) is 16.1. The average Bonchev–Trinajstić information content (AvgIpc) is 2.68. The van der Waals surface area contributed by atoms with Crippen LogP contribution < -0.4 is 9.62 Å². The lowest BCUT2D eigenvalue weighted by atomic mass is 10.2. The smallest absolute Gasteiger partial charge is 0.263 e. The van der Waals surface area contributed by atoms with Gasteiger partial charge in [-0.3, -0.25) is 4.72 Å². The fourth-order valence-electron chi connectivity index (χ4n) is 2.05. The lowest BCUT2D eigenvalue weighted by Gasteiger charge is -2.18. The third kappa shape index (κ3) is 3.51. The van der Waals surface area contributed by atoms with E-state index in [0.717, 1.165) is 15.4 Å². The summed E-state index contributed by atoms with van der Waals surface area (Å²) in [5.74, 6) is 0. The van der Waals surface area contributed by atoms with Gasteiger partial charge in [0.2, 0.25) is 0 Å². The van der Waals surface area contributed by atoms with Crippen LogP contribution in [0, 0.1) is 13.8 Å². The van der Waals surface area contributed by atoms with E-state index in [4.69, 9.17) is 11.6 Å². The summed E-state index contributed by atoms with van der Waals surface area (Å²) in [5, 5.41) is 0.483. The third-order valence-electron chi connectivity index (χ3n) is 2.97. The van der Waals surface area contributed by atoms with Crippen LogP contribution in [0.25, 0.3) is 0 Å². The number of nitrogens with one attached hydrogen (secondary N) is 1. The average molecular weight is 345 g/mol. The number of aryl methyl sites for hydroxylation is 2. The summed E-state index contributed by atoms with van der Waals surface area (Å²) in [6.07, 6.45) is 0. The van der Waals surface area contributed by atoms with Crippen molar-refractivity contribution in [3.8, 4) is 0 Å². The first-order chi connectivity index (χ1) is 9.70. The van der Waals surface area contributed by atoms with E-state index in [0.29, 0.717) is 15.6 Å².